The monoisotopic (exact) mass is 312 g/mol. The Morgan fingerprint density at radius 1 is 1.00 bits per heavy atom. The molecule has 0 unspecified atom stereocenters. The van der Waals surface area contributed by atoms with Crippen LogP contribution in [0.5, 0.6) is 0 Å². The third-order valence-electron chi connectivity index (χ3n) is 6.83. The highest BCUT2D eigenvalue weighted by Crippen LogP contribution is 2.53. The molecule has 5 fully saturated rings. The van der Waals surface area contributed by atoms with Crippen molar-refractivity contribution in [3.05, 3.63) is 0 Å². The zero-order chi connectivity index (χ0) is 13.7. The molecule has 5 rings (SSSR count). The molecule has 1 amide bonds. The van der Waals surface area contributed by atoms with Gasteiger partial charge in [0.2, 0.25) is 5.91 Å². The van der Waals surface area contributed by atoms with E-state index in [9.17, 15) is 4.79 Å². The summed E-state index contributed by atoms with van der Waals surface area (Å²) >= 11 is 0. The minimum atomic E-state index is 0. The molecule has 0 aromatic carbocycles. The number of rotatable bonds is 3. The Balaban J connectivity index is 0.00000132. The summed E-state index contributed by atoms with van der Waals surface area (Å²) in [6.07, 6.45) is 10.4. The van der Waals surface area contributed by atoms with Crippen LogP contribution in [-0.4, -0.2) is 18.5 Å². The highest BCUT2D eigenvalue weighted by Gasteiger charge is 2.49. The molecule has 4 heteroatoms. The van der Waals surface area contributed by atoms with Gasteiger partial charge in [0.05, 0.1) is 0 Å². The van der Waals surface area contributed by atoms with Gasteiger partial charge in [0, 0.05) is 12.0 Å². The van der Waals surface area contributed by atoms with Crippen molar-refractivity contribution >= 4 is 18.3 Å². The molecule has 3 N–H and O–H groups in total. The van der Waals surface area contributed by atoms with Crippen molar-refractivity contribution in [1.82, 2.24) is 5.32 Å². The van der Waals surface area contributed by atoms with Crippen molar-refractivity contribution in [2.24, 2.45) is 41.2 Å². The van der Waals surface area contributed by atoms with Gasteiger partial charge in [-0.05, 0) is 81.1 Å². The van der Waals surface area contributed by atoms with Gasteiger partial charge in [-0.2, -0.15) is 0 Å². The zero-order valence-electron chi connectivity index (χ0n) is 12.8. The molecule has 3 nitrogen and oxygen atoms in total. The van der Waals surface area contributed by atoms with Crippen LogP contribution in [0.1, 0.15) is 51.4 Å². The van der Waals surface area contributed by atoms with E-state index in [0.29, 0.717) is 24.4 Å². The molecule has 0 aromatic rings. The van der Waals surface area contributed by atoms with Gasteiger partial charge < -0.3 is 11.1 Å². The lowest BCUT2D eigenvalue weighted by Gasteiger charge is -2.54. The molecule has 120 valence electrons. The fraction of sp³-hybridized carbons (Fsp3) is 0.941. The molecule has 0 saturated heterocycles. The first-order chi connectivity index (χ1) is 9.74. The fourth-order valence-electron chi connectivity index (χ4n) is 6.10. The predicted molar refractivity (Wildman–Crippen MR) is 86.1 cm³/mol. The quantitative estimate of drug-likeness (QED) is 0.842. The maximum atomic E-state index is 12.6. The van der Waals surface area contributed by atoms with Crippen molar-refractivity contribution in [2.45, 2.75) is 57.4 Å². The summed E-state index contributed by atoms with van der Waals surface area (Å²) in [7, 11) is 0. The van der Waals surface area contributed by atoms with E-state index in [1.807, 2.05) is 0 Å². The van der Waals surface area contributed by atoms with Crippen LogP contribution in [0.15, 0.2) is 0 Å². The molecule has 5 aliphatic rings. The number of nitrogens with two attached hydrogens (primary N) is 1. The van der Waals surface area contributed by atoms with E-state index in [4.69, 9.17) is 5.73 Å². The summed E-state index contributed by atoms with van der Waals surface area (Å²) in [5.41, 5.74) is 5.83. The second-order valence-electron chi connectivity index (χ2n) is 8.00. The molecule has 0 heterocycles. The number of carbonyl (C=O) groups excluding carboxylic acids is 1. The van der Waals surface area contributed by atoms with E-state index in [0.717, 1.165) is 36.5 Å². The summed E-state index contributed by atoms with van der Waals surface area (Å²) in [6.45, 7) is 0.680. The van der Waals surface area contributed by atoms with E-state index in [1.165, 1.54) is 38.5 Å². The molecular weight excluding hydrogens is 284 g/mol. The van der Waals surface area contributed by atoms with Crippen molar-refractivity contribution in [1.29, 1.82) is 0 Å². The molecule has 0 aliphatic heterocycles. The van der Waals surface area contributed by atoms with Crippen LogP contribution in [0.3, 0.4) is 0 Å². The van der Waals surface area contributed by atoms with Gasteiger partial charge >= 0.3 is 0 Å². The predicted octanol–water partition coefficient (Wildman–Crippen LogP) is 2.72. The second kappa shape index (κ2) is 6.08. The molecule has 21 heavy (non-hydrogen) atoms. The summed E-state index contributed by atoms with van der Waals surface area (Å²) in [5, 5.41) is 3.47. The van der Waals surface area contributed by atoms with Gasteiger partial charge in [0.25, 0.3) is 0 Å². The van der Waals surface area contributed by atoms with Crippen molar-refractivity contribution < 1.29 is 4.79 Å². The topological polar surface area (TPSA) is 55.1 Å². The lowest BCUT2D eigenvalue weighted by Crippen LogP contribution is -2.57. The van der Waals surface area contributed by atoms with Crippen molar-refractivity contribution in [3.63, 3.8) is 0 Å². The molecule has 4 bridgehead atoms. The second-order valence-corrected chi connectivity index (χ2v) is 8.00. The van der Waals surface area contributed by atoms with Crippen LogP contribution in [0.25, 0.3) is 0 Å². The third kappa shape index (κ3) is 2.72. The van der Waals surface area contributed by atoms with E-state index in [1.54, 1.807) is 0 Å². The van der Waals surface area contributed by atoms with Crippen LogP contribution >= 0.6 is 12.4 Å². The average Bonchev–Trinajstić information content (AvgIpc) is 2.90. The molecule has 2 atom stereocenters. The van der Waals surface area contributed by atoms with E-state index < -0.39 is 0 Å². The molecule has 0 aromatic heterocycles. The lowest BCUT2D eigenvalue weighted by molar-refractivity contribution is -0.130. The molecular formula is C17H29ClN2O. The van der Waals surface area contributed by atoms with Gasteiger partial charge in [-0.3, -0.25) is 4.79 Å². The number of hydrogen-bond donors (Lipinski definition) is 2. The fourth-order valence-corrected chi connectivity index (χ4v) is 6.10. The smallest absolute Gasteiger partial charge is 0.223 e. The zero-order valence-corrected chi connectivity index (χ0v) is 13.6. The first kappa shape index (κ1) is 15.6. The lowest BCUT2D eigenvalue weighted by atomic mass is 9.54. The van der Waals surface area contributed by atoms with E-state index >= 15 is 0 Å². The van der Waals surface area contributed by atoms with Gasteiger partial charge in [0.15, 0.2) is 0 Å². The molecule has 5 aliphatic carbocycles. The van der Waals surface area contributed by atoms with Crippen molar-refractivity contribution in [3.8, 4) is 0 Å². The van der Waals surface area contributed by atoms with Crippen LogP contribution < -0.4 is 11.1 Å². The van der Waals surface area contributed by atoms with Crippen LogP contribution in [0.4, 0.5) is 0 Å². The minimum absolute atomic E-state index is 0. The maximum absolute atomic E-state index is 12.6. The number of amides is 1. The first-order valence-electron chi connectivity index (χ1n) is 8.75. The normalized spacial score (nSPS) is 47.2. The summed E-state index contributed by atoms with van der Waals surface area (Å²) in [6, 6.07) is 0.495. The SMILES string of the molecule is Cl.NC[C@H]1CCC[C@H]1C(=O)NC1C2CC3CC(C2)CC1C3. The summed E-state index contributed by atoms with van der Waals surface area (Å²) < 4.78 is 0. The molecule has 0 spiro atoms. The van der Waals surface area contributed by atoms with Gasteiger partial charge in [-0.1, -0.05) is 6.42 Å². The van der Waals surface area contributed by atoms with E-state index in [2.05, 4.69) is 5.32 Å². The maximum Gasteiger partial charge on any atom is 0.223 e. The van der Waals surface area contributed by atoms with Crippen LogP contribution in [0.2, 0.25) is 0 Å². The summed E-state index contributed by atoms with van der Waals surface area (Å²) in [4.78, 5) is 12.6. The van der Waals surface area contributed by atoms with Crippen LogP contribution in [0, 0.1) is 35.5 Å². The average molecular weight is 313 g/mol. The van der Waals surface area contributed by atoms with Gasteiger partial charge in [-0.15, -0.1) is 12.4 Å². The number of carbonyl (C=O) groups is 1. The molecule has 5 saturated carbocycles. The van der Waals surface area contributed by atoms with Crippen molar-refractivity contribution in [2.75, 3.05) is 6.54 Å². The number of nitrogens with one attached hydrogen (secondary N) is 1. The third-order valence-corrected chi connectivity index (χ3v) is 6.83. The van der Waals surface area contributed by atoms with Gasteiger partial charge in [-0.25, -0.2) is 0 Å². The summed E-state index contributed by atoms with van der Waals surface area (Å²) in [5.74, 6) is 4.50. The Morgan fingerprint density at radius 2 is 1.62 bits per heavy atom. The first-order valence-corrected chi connectivity index (χ1v) is 8.75. The van der Waals surface area contributed by atoms with Gasteiger partial charge in [0.1, 0.15) is 0 Å². The van der Waals surface area contributed by atoms with Crippen LogP contribution in [-0.2, 0) is 4.79 Å². The Kier molecular flexibility index (Phi) is 4.52. The number of hydrogen-bond acceptors (Lipinski definition) is 2. The Labute approximate surface area is 134 Å². The van der Waals surface area contributed by atoms with E-state index in [-0.39, 0.29) is 18.3 Å². The standard InChI is InChI=1S/C17H28N2O.ClH/c18-9-12-2-1-3-15(12)17(20)19-16-13-5-10-4-11(7-13)8-14(16)6-10;/h10-16H,1-9,18H2,(H,19,20);1H/t10?,11?,12-,13?,14?,15-,16?;/m1./s1. The Morgan fingerprint density at radius 3 is 2.19 bits per heavy atom. The highest BCUT2D eigenvalue weighted by molar-refractivity contribution is 5.85. The molecule has 0 radical (unpaired) electrons. The Hall–Kier alpha value is -0.280. The number of halogens is 1. The highest BCUT2D eigenvalue weighted by atomic mass is 35.5. The Bertz CT molecular complexity index is 372. The minimum Gasteiger partial charge on any atom is -0.353 e. The largest absolute Gasteiger partial charge is 0.353 e.